The van der Waals surface area contributed by atoms with E-state index in [1.807, 2.05) is 0 Å². The van der Waals surface area contributed by atoms with Crippen molar-refractivity contribution in [3.63, 3.8) is 0 Å². The third-order valence-electron chi connectivity index (χ3n) is 3.67. The van der Waals surface area contributed by atoms with Gasteiger partial charge in [-0.3, -0.25) is 0 Å². The molecular weight excluding hydrogens is 206 g/mol. The largest absolute Gasteiger partial charge is 0.310 e. The van der Waals surface area contributed by atoms with Crippen molar-refractivity contribution in [2.24, 2.45) is 5.92 Å². The summed E-state index contributed by atoms with van der Waals surface area (Å²) in [7, 11) is 0. The van der Waals surface area contributed by atoms with E-state index in [9.17, 15) is 0 Å². The monoisotopic (exact) mass is 229 g/mol. The molecule has 92 valence electrons. The minimum Gasteiger partial charge on any atom is -0.310 e. The Morgan fingerprint density at radius 1 is 1.24 bits per heavy atom. The van der Waals surface area contributed by atoms with E-state index in [0.717, 1.165) is 12.5 Å². The minimum absolute atomic E-state index is 0.460. The molecule has 1 aromatic rings. The fraction of sp³-hybridized carbons (Fsp3) is 0.500. The van der Waals surface area contributed by atoms with E-state index in [0.29, 0.717) is 6.04 Å². The maximum Gasteiger partial charge on any atom is 0.0291 e. The number of allylic oxidation sites excluding steroid dienone is 2. The van der Waals surface area contributed by atoms with Gasteiger partial charge < -0.3 is 5.32 Å². The van der Waals surface area contributed by atoms with Crippen LogP contribution in [0.15, 0.2) is 36.4 Å². The maximum atomic E-state index is 3.65. The Morgan fingerprint density at radius 3 is 2.65 bits per heavy atom. The van der Waals surface area contributed by atoms with Crippen LogP contribution >= 0.6 is 0 Å². The predicted molar refractivity (Wildman–Crippen MR) is 74.1 cm³/mol. The Labute approximate surface area is 105 Å². The highest BCUT2D eigenvalue weighted by molar-refractivity contribution is 5.23. The molecular formula is C16H23N. The number of hydrogen-bond donors (Lipinski definition) is 1. The molecule has 0 heterocycles. The second-order valence-electron chi connectivity index (χ2n) is 5.19. The molecule has 1 nitrogen and oxygen atoms in total. The minimum atomic E-state index is 0.460. The summed E-state index contributed by atoms with van der Waals surface area (Å²) in [5, 5.41) is 3.65. The second kappa shape index (κ2) is 6.02. The van der Waals surface area contributed by atoms with E-state index in [1.54, 1.807) is 0 Å². The summed E-state index contributed by atoms with van der Waals surface area (Å²) in [6.45, 7) is 5.53. The van der Waals surface area contributed by atoms with Crippen LogP contribution in [0, 0.1) is 12.8 Å². The molecule has 0 radical (unpaired) electrons. The maximum absolute atomic E-state index is 3.65. The Bertz CT molecular complexity index is 364. The fourth-order valence-corrected chi connectivity index (χ4v) is 2.36. The Balaban J connectivity index is 1.82. The molecule has 0 aromatic heterocycles. The van der Waals surface area contributed by atoms with Crippen LogP contribution in [-0.4, -0.2) is 6.54 Å². The van der Waals surface area contributed by atoms with Gasteiger partial charge >= 0.3 is 0 Å². The average molecular weight is 229 g/mol. The van der Waals surface area contributed by atoms with E-state index >= 15 is 0 Å². The highest BCUT2D eigenvalue weighted by Crippen LogP contribution is 2.19. The van der Waals surface area contributed by atoms with Crippen molar-refractivity contribution in [1.29, 1.82) is 0 Å². The summed E-state index contributed by atoms with van der Waals surface area (Å²) in [5.74, 6) is 0.827. The van der Waals surface area contributed by atoms with Crippen molar-refractivity contribution in [2.45, 2.75) is 39.2 Å². The molecule has 1 N–H and O–H groups in total. The highest BCUT2D eigenvalue weighted by atomic mass is 14.9. The van der Waals surface area contributed by atoms with Crippen LogP contribution in [0.25, 0.3) is 0 Å². The highest BCUT2D eigenvalue weighted by Gasteiger charge is 2.11. The van der Waals surface area contributed by atoms with Gasteiger partial charge in [0.05, 0.1) is 0 Å². The van der Waals surface area contributed by atoms with Gasteiger partial charge in [-0.1, -0.05) is 42.0 Å². The molecule has 0 spiro atoms. The van der Waals surface area contributed by atoms with Gasteiger partial charge in [0.25, 0.3) is 0 Å². The summed E-state index contributed by atoms with van der Waals surface area (Å²) < 4.78 is 0. The molecule has 0 saturated carbocycles. The van der Waals surface area contributed by atoms with E-state index in [4.69, 9.17) is 0 Å². The standard InChI is InChI=1S/C16H23N/c1-13-8-10-16(11-9-13)14(2)17-12-15-6-4-3-5-7-15/h3-4,8-11,14-15,17H,5-7,12H2,1-2H3/t14-,15?/m0/s1. The number of benzene rings is 1. The Hall–Kier alpha value is -1.08. The van der Waals surface area contributed by atoms with Gasteiger partial charge in [-0.05, 0) is 51.1 Å². The van der Waals surface area contributed by atoms with Crippen LogP contribution < -0.4 is 5.32 Å². The molecule has 0 saturated heterocycles. The Kier molecular flexibility index (Phi) is 4.38. The van der Waals surface area contributed by atoms with Crippen LogP contribution in [0.5, 0.6) is 0 Å². The lowest BCUT2D eigenvalue weighted by atomic mass is 9.94. The number of aryl methyl sites for hydroxylation is 1. The molecule has 1 aliphatic carbocycles. The first kappa shape index (κ1) is 12.4. The fourth-order valence-electron chi connectivity index (χ4n) is 2.36. The predicted octanol–water partition coefficient (Wildman–Crippen LogP) is 4.00. The lowest BCUT2D eigenvalue weighted by Gasteiger charge is -2.21. The van der Waals surface area contributed by atoms with E-state index < -0.39 is 0 Å². The molecule has 0 amide bonds. The summed E-state index contributed by atoms with van der Waals surface area (Å²) in [6.07, 6.45) is 8.47. The van der Waals surface area contributed by atoms with Gasteiger partial charge in [-0.15, -0.1) is 0 Å². The van der Waals surface area contributed by atoms with Crippen molar-refractivity contribution >= 4 is 0 Å². The zero-order valence-electron chi connectivity index (χ0n) is 10.9. The van der Waals surface area contributed by atoms with Gasteiger partial charge in [0.2, 0.25) is 0 Å². The molecule has 0 aliphatic heterocycles. The molecule has 1 heteroatoms. The molecule has 2 atom stereocenters. The molecule has 1 aromatic carbocycles. The average Bonchev–Trinajstić information content (AvgIpc) is 2.38. The van der Waals surface area contributed by atoms with Crippen molar-refractivity contribution in [1.82, 2.24) is 5.32 Å². The lowest BCUT2D eigenvalue weighted by molar-refractivity contribution is 0.415. The number of nitrogens with one attached hydrogen (secondary N) is 1. The van der Waals surface area contributed by atoms with Gasteiger partial charge in [-0.2, -0.15) is 0 Å². The van der Waals surface area contributed by atoms with Gasteiger partial charge in [0.15, 0.2) is 0 Å². The summed E-state index contributed by atoms with van der Waals surface area (Å²) in [5.41, 5.74) is 2.72. The first-order valence-corrected chi connectivity index (χ1v) is 6.70. The van der Waals surface area contributed by atoms with E-state index in [-0.39, 0.29) is 0 Å². The zero-order valence-corrected chi connectivity index (χ0v) is 10.9. The van der Waals surface area contributed by atoms with Crippen LogP contribution in [-0.2, 0) is 0 Å². The normalized spacial score (nSPS) is 21.4. The molecule has 17 heavy (non-hydrogen) atoms. The molecule has 1 unspecified atom stereocenters. The zero-order chi connectivity index (χ0) is 12.1. The molecule has 0 fully saturated rings. The van der Waals surface area contributed by atoms with Crippen molar-refractivity contribution in [3.05, 3.63) is 47.5 Å². The quantitative estimate of drug-likeness (QED) is 0.769. The van der Waals surface area contributed by atoms with Crippen molar-refractivity contribution in [3.8, 4) is 0 Å². The van der Waals surface area contributed by atoms with Gasteiger partial charge in [0, 0.05) is 6.04 Å². The molecule has 1 aliphatic rings. The third kappa shape index (κ3) is 3.71. The number of rotatable bonds is 4. The Morgan fingerprint density at radius 2 is 2.00 bits per heavy atom. The van der Waals surface area contributed by atoms with Crippen LogP contribution in [0.2, 0.25) is 0 Å². The van der Waals surface area contributed by atoms with E-state index in [2.05, 4.69) is 55.6 Å². The van der Waals surface area contributed by atoms with Crippen LogP contribution in [0.1, 0.15) is 43.4 Å². The summed E-state index contributed by atoms with van der Waals surface area (Å²) in [4.78, 5) is 0. The van der Waals surface area contributed by atoms with E-state index in [1.165, 1.54) is 30.4 Å². The van der Waals surface area contributed by atoms with Crippen molar-refractivity contribution in [2.75, 3.05) is 6.54 Å². The lowest BCUT2D eigenvalue weighted by Crippen LogP contribution is -2.26. The number of hydrogen-bond acceptors (Lipinski definition) is 1. The van der Waals surface area contributed by atoms with Crippen LogP contribution in [0.4, 0.5) is 0 Å². The first-order chi connectivity index (χ1) is 8.25. The van der Waals surface area contributed by atoms with Crippen LogP contribution in [0.3, 0.4) is 0 Å². The SMILES string of the molecule is Cc1ccc([C@H](C)NCC2CC=CCC2)cc1. The molecule has 2 rings (SSSR count). The smallest absolute Gasteiger partial charge is 0.0291 e. The topological polar surface area (TPSA) is 12.0 Å². The van der Waals surface area contributed by atoms with Crippen molar-refractivity contribution < 1.29 is 0 Å². The first-order valence-electron chi connectivity index (χ1n) is 6.70. The third-order valence-corrected chi connectivity index (χ3v) is 3.67. The van der Waals surface area contributed by atoms with Gasteiger partial charge in [-0.25, -0.2) is 0 Å². The summed E-state index contributed by atoms with van der Waals surface area (Å²) >= 11 is 0. The second-order valence-corrected chi connectivity index (χ2v) is 5.19. The molecule has 0 bridgehead atoms. The summed E-state index contributed by atoms with van der Waals surface area (Å²) in [6, 6.07) is 9.30. The van der Waals surface area contributed by atoms with Gasteiger partial charge in [0.1, 0.15) is 0 Å².